The van der Waals surface area contributed by atoms with Crippen LogP contribution in [0.3, 0.4) is 0 Å². The number of hydrogen-bond acceptors (Lipinski definition) is 5. The molecule has 5 nitrogen and oxygen atoms in total. The molecule has 0 aromatic carbocycles. The van der Waals surface area contributed by atoms with Crippen LogP contribution in [0.15, 0.2) is 28.8 Å². The molecular weight excluding hydrogens is 240 g/mol. The zero-order valence-corrected chi connectivity index (χ0v) is 11.9. The summed E-state index contributed by atoms with van der Waals surface area (Å²) in [5.41, 5.74) is 0. The fourth-order valence-electron chi connectivity index (χ4n) is 2.21. The predicted octanol–water partition coefficient (Wildman–Crippen LogP) is 1.80. The molecule has 2 heterocycles. The van der Waals surface area contributed by atoms with Crippen LogP contribution in [0.2, 0.25) is 0 Å². The van der Waals surface area contributed by atoms with Crippen LogP contribution in [0.1, 0.15) is 24.7 Å². The monoisotopic (exact) mass is 262 g/mol. The van der Waals surface area contributed by atoms with Gasteiger partial charge in [-0.05, 0) is 20.9 Å². The summed E-state index contributed by atoms with van der Waals surface area (Å²) >= 11 is 0. The Hall–Kier alpha value is -1.46. The summed E-state index contributed by atoms with van der Waals surface area (Å²) in [6.45, 7) is 7.85. The van der Waals surface area contributed by atoms with Crippen molar-refractivity contribution in [3.63, 3.8) is 0 Å². The van der Waals surface area contributed by atoms with Gasteiger partial charge < -0.3 is 4.52 Å². The van der Waals surface area contributed by atoms with E-state index in [9.17, 15) is 0 Å². The third-order valence-corrected chi connectivity index (χ3v) is 3.36. The number of aryl methyl sites for hydroxylation is 1. The number of nitrogens with zero attached hydrogens (tertiary/aromatic N) is 4. The van der Waals surface area contributed by atoms with Crippen LogP contribution in [0.5, 0.6) is 0 Å². The lowest BCUT2D eigenvalue weighted by Gasteiger charge is -2.37. The quantitative estimate of drug-likeness (QED) is 0.774. The van der Waals surface area contributed by atoms with Gasteiger partial charge in [0.1, 0.15) is 6.04 Å². The number of rotatable bonds is 4. The van der Waals surface area contributed by atoms with Gasteiger partial charge in [-0.2, -0.15) is 4.98 Å². The van der Waals surface area contributed by atoms with Gasteiger partial charge in [-0.3, -0.25) is 9.80 Å². The van der Waals surface area contributed by atoms with E-state index in [1.165, 1.54) is 0 Å². The van der Waals surface area contributed by atoms with E-state index in [4.69, 9.17) is 4.52 Å². The van der Waals surface area contributed by atoms with Crippen molar-refractivity contribution in [2.75, 3.05) is 33.2 Å². The molecular formula is C14H22N4O. The molecule has 0 N–H and O–H groups in total. The van der Waals surface area contributed by atoms with Crippen LogP contribution >= 0.6 is 0 Å². The van der Waals surface area contributed by atoms with Gasteiger partial charge in [-0.15, -0.1) is 0 Å². The van der Waals surface area contributed by atoms with Gasteiger partial charge in [0.25, 0.3) is 0 Å². The van der Waals surface area contributed by atoms with Crippen molar-refractivity contribution in [3.8, 4) is 0 Å². The van der Waals surface area contributed by atoms with E-state index >= 15 is 0 Å². The molecule has 104 valence electrons. The fourth-order valence-corrected chi connectivity index (χ4v) is 2.21. The molecule has 1 aliphatic heterocycles. The van der Waals surface area contributed by atoms with E-state index in [2.05, 4.69) is 45.2 Å². The molecule has 5 heteroatoms. The van der Waals surface area contributed by atoms with Crippen LogP contribution in [0.25, 0.3) is 0 Å². The lowest BCUT2D eigenvalue weighted by molar-refractivity contribution is 0.0832. The summed E-state index contributed by atoms with van der Waals surface area (Å²) in [7, 11) is 2.11. The van der Waals surface area contributed by atoms with Crippen molar-refractivity contribution in [1.82, 2.24) is 19.9 Å². The highest BCUT2D eigenvalue weighted by Gasteiger charge is 2.29. The summed E-state index contributed by atoms with van der Waals surface area (Å²) in [5, 5.41) is 3.88. The zero-order valence-electron chi connectivity index (χ0n) is 11.9. The number of allylic oxidation sites excluding steroid dienone is 3. The molecule has 1 aliphatic rings. The second-order valence-electron chi connectivity index (χ2n) is 4.89. The summed E-state index contributed by atoms with van der Waals surface area (Å²) in [6.07, 6.45) is 8.35. The molecule has 1 fully saturated rings. The first-order valence-corrected chi connectivity index (χ1v) is 6.71. The van der Waals surface area contributed by atoms with E-state index in [-0.39, 0.29) is 6.04 Å². The lowest BCUT2D eigenvalue weighted by atomic mass is 10.1. The van der Waals surface area contributed by atoms with Gasteiger partial charge in [0.05, 0.1) is 0 Å². The molecule has 1 aromatic rings. The van der Waals surface area contributed by atoms with Crippen LogP contribution < -0.4 is 0 Å². The second kappa shape index (κ2) is 6.63. The molecule has 2 rings (SSSR count). The lowest BCUT2D eigenvalue weighted by Crippen LogP contribution is -2.46. The Kier molecular flexibility index (Phi) is 4.87. The van der Waals surface area contributed by atoms with Crippen molar-refractivity contribution in [3.05, 3.63) is 36.0 Å². The Morgan fingerprint density at radius 2 is 2.21 bits per heavy atom. The van der Waals surface area contributed by atoms with E-state index in [1.807, 2.05) is 19.9 Å². The van der Waals surface area contributed by atoms with Crippen molar-refractivity contribution in [2.24, 2.45) is 0 Å². The molecule has 0 bridgehead atoms. The van der Waals surface area contributed by atoms with Gasteiger partial charge >= 0.3 is 0 Å². The molecule has 0 spiro atoms. The first-order chi connectivity index (χ1) is 9.20. The Morgan fingerprint density at radius 1 is 1.37 bits per heavy atom. The van der Waals surface area contributed by atoms with Crippen LogP contribution in [0.4, 0.5) is 0 Å². The average Bonchev–Trinajstić information content (AvgIpc) is 2.83. The fraction of sp³-hybridized carbons (Fsp3) is 0.571. The largest absolute Gasteiger partial charge is 0.338 e. The summed E-state index contributed by atoms with van der Waals surface area (Å²) in [5.74, 6) is 1.43. The van der Waals surface area contributed by atoms with Crippen molar-refractivity contribution >= 4 is 0 Å². The number of piperazine rings is 1. The molecule has 0 saturated carbocycles. The first-order valence-electron chi connectivity index (χ1n) is 6.71. The Morgan fingerprint density at radius 3 is 2.89 bits per heavy atom. The maximum Gasteiger partial charge on any atom is 0.245 e. The van der Waals surface area contributed by atoms with Gasteiger partial charge in [0.2, 0.25) is 5.89 Å². The van der Waals surface area contributed by atoms with Gasteiger partial charge in [0, 0.05) is 26.2 Å². The molecule has 0 amide bonds. The summed E-state index contributed by atoms with van der Waals surface area (Å²) in [6, 6.07) is 0.199. The van der Waals surface area contributed by atoms with Crippen molar-refractivity contribution < 1.29 is 4.52 Å². The minimum atomic E-state index is 0.199. The van der Waals surface area contributed by atoms with Crippen LogP contribution in [-0.2, 0) is 0 Å². The molecule has 19 heavy (non-hydrogen) atoms. The normalized spacial score (nSPS) is 22.8. The number of aromatic nitrogens is 2. The minimum absolute atomic E-state index is 0.199. The molecule has 0 radical (unpaired) electrons. The van der Waals surface area contributed by atoms with Crippen molar-refractivity contribution in [2.45, 2.75) is 19.9 Å². The van der Waals surface area contributed by atoms with E-state index in [0.717, 1.165) is 32.1 Å². The second-order valence-corrected chi connectivity index (χ2v) is 4.89. The number of likely N-dealkylation sites (N-methyl/N-ethyl adjacent to an activating group) is 1. The predicted molar refractivity (Wildman–Crippen MR) is 74.8 cm³/mol. The summed E-state index contributed by atoms with van der Waals surface area (Å²) < 4.78 is 5.31. The molecule has 0 aliphatic carbocycles. The SMILES string of the molecule is CC=CC=CCN1CCN(C)C(c2nc(C)no2)C1. The minimum Gasteiger partial charge on any atom is -0.338 e. The smallest absolute Gasteiger partial charge is 0.245 e. The molecule has 1 atom stereocenters. The molecule has 1 saturated heterocycles. The highest BCUT2D eigenvalue weighted by molar-refractivity contribution is 5.03. The third-order valence-electron chi connectivity index (χ3n) is 3.36. The third kappa shape index (κ3) is 3.75. The van der Waals surface area contributed by atoms with E-state index in [0.29, 0.717) is 5.82 Å². The Balaban J connectivity index is 1.96. The van der Waals surface area contributed by atoms with E-state index < -0.39 is 0 Å². The zero-order chi connectivity index (χ0) is 13.7. The van der Waals surface area contributed by atoms with Gasteiger partial charge in [-0.1, -0.05) is 29.5 Å². The maximum absolute atomic E-state index is 5.31. The highest BCUT2D eigenvalue weighted by Crippen LogP contribution is 2.22. The van der Waals surface area contributed by atoms with Crippen LogP contribution in [-0.4, -0.2) is 53.2 Å². The highest BCUT2D eigenvalue weighted by atomic mass is 16.5. The van der Waals surface area contributed by atoms with E-state index in [1.54, 1.807) is 0 Å². The topological polar surface area (TPSA) is 45.4 Å². The van der Waals surface area contributed by atoms with Crippen molar-refractivity contribution in [1.29, 1.82) is 0 Å². The Bertz CT molecular complexity index is 452. The maximum atomic E-state index is 5.31. The molecule has 1 aromatic heterocycles. The summed E-state index contributed by atoms with van der Waals surface area (Å²) in [4.78, 5) is 9.04. The average molecular weight is 262 g/mol. The number of hydrogen-bond donors (Lipinski definition) is 0. The first kappa shape index (κ1) is 14.0. The van der Waals surface area contributed by atoms with Crippen LogP contribution in [0, 0.1) is 6.92 Å². The molecule has 1 unspecified atom stereocenters. The van der Waals surface area contributed by atoms with Gasteiger partial charge in [-0.25, -0.2) is 0 Å². The standard InChI is InChI=1S/C14H22N4O/c1-4-5-6-7-8-18-10-9-17(3)13(11-18)14-15-12(2)16-19-14/h4-7,13H,8-11H2,1-3H3. The Labute approximate surface area is 114 Å². The van der Waals surface area contributed by atoms with Gasteiger partial charge in [0.15, 0.2) is 5.82 Å².